The molecule has 4 atom stereocenters. The van der Waals surface area contributed by atoms with Gasteiger partial charge < -0.3 is 14.2 Å². The molecule has 1 aromatic heterocycles. The summed E-state index contributed by atoms with van der Waals surface area (Å²) in [5.74, 6) is 2.43. The summed E-state index contributed by atoms with van der Waals surface area (Å²) < 4.78 is 46.9. The molecule has 198 valence electrons. The van der Waals surface area contributed by atoms with Crippen molar-refractivity contribution in [3.8, 4) is 28.5 Å². The lowest BCUT2D eigenvalue weighted by Gasteiger charge is -2.49. The molecule has 3 fully saturated rings. The number of fused-ring (bicyclic) bond motifs is 3. The Morgan fingerprint density at radius 2 is 1.73 bits per heavy atom. The van der Waals surface area contributed by atoms with E-state index in [0.29, 0.717) is 29.9 Å². The molecule has 3 saturated heterocycles. The van der Waals surface area contributed by atoms with Crippen LogP contribution in [0.3, 0.4) is 0 Å². The third-order valence-electron chi connectivity index (χ3n) is 7.73. The Morgan fingerprint density at radius 3 is 2.38 bits per heavy atom. The van der Waals surface area contributed by atoms with Gasteiger partial charge in [-0.2, -0.15) is 5.10 Å². The van der Waals surface area contributed by atoms with E-state index in [1.54, 1.807) is 19.2 Å². The molecule has 4 heterocycles. The van der Waals surface area contributed by atoms with Crippen molar-refractivity contribution in [2.45, 2.75) is 29.7 Å². The highest BCUT2D eigenvalue weighted by Crippen LogP contribution is 2.42. The van der Waals surface area contributed by atoms with Gasteiger partial charge in [0.15, 0.2) is 0 Å². The highest BCUT2D eigenvalue weighted by Gasteiger charge is 2.42. The Labute approximate surface area is 218 Å². The number of nitrogens with one attached hydrogen (secondary N) is 1. The lowest BCUT2D eigenvalue weighted by Crippen LogP contribution is -2.56. The van der Waals surface area contributed by atoms with Gasteiger partial charge in [0.2, 0.25) is 10.0 Å². The molecule has 2 bridgehead atoms. The van der Waals surface area contributed by atoms with Gasteiger partial charge in [-0.05, 0) is 67.8 Å². The first-order chi connectivity index (χ1) is 17.8. The second-order valence-electron chi connectivity index (χ2n) is 9.71. The number of hydrogen-bond donors (Lipinski definition) is 1. The number of sulfonamides is 1. The Hall–Kier alpha value is -3.08. The van der Waals surface area contributed by atoms with Gasteiger partial charge in [0, 0.05) is 49.4 Å². The Balaban J connectivity index is 1.28. The number of benzene rings is 2. The van der Waals surface area contributed by atoms with E-state index in [1.165, 1.54) is 26.0 Å². The van der Waals surface area contributed by atoms with Crippen LogP contribution < -0.4 is 18.9 Å². The standard InChI is InChI=1S/C27H34N4O5S/c1-30-25(15-24(29-30)18-5-7-21(34-2)8-6-18)23-17-31-12-11-19(23)13-20(31)16-28-37(32,33)27-14-22(35-3)9-10-26(27)36-4/h5-10,14-15,19-20,23,28H,11-13,16-17H2,1-4H3/t19-,20+,23+/m0/s1. The maximum atomic E-state index is 13.2. The number of methoxy groups -OCH3 is 3. The molecule has 0 saturated carbocycles. The van der Waals surface area contributed by atoms with Crippen molar-refractivity contribution >= 4 is 10.0 Å². The van der Waals surface area contributed by atoms with Crippen LogP contribution in [0.2, 0.25) is 0 Å². The van der Waals surface area contributed by atoms with Crippen molar-refractivity contribution in [2.24, 2.45) is 13.0 Å². The van der Waals surface area contributed by atoms with E-state index in [9.17, 15) is 8.42 Å². The molecule has 1 unspecified atom stereocenters. The zero-order valence-corrected chi connectivity index (χ0v) is 22.5. The smallest absolute Gasteiger partial charge is 0.244 e. The first-order valence-corrected chi connectivity index (χ1v) is 14.0. The molecule has 0 spiro atoms. The van der Waals surface area contributed by atoms with E-state index in [2.05, 4.69) is 15.7 Å². The highest BCUT2D eigenvalue weighted by atomic mass is 32.2. The molecule has 6 rings (SSSR count). The van der Waals surface area contributed by atoms with Crippen LogP contribution in [0.5, 0.6) is 17.2 Å². The van der Waals surface area contributed by atoms with Gasteiger partial charge in [-0.3, -0.25) is 9.58 Å². The zero-order valence-electron chi connectivity index (χ0n) is 21.7. The van der Waals surface area contributed by atoms with Gasteiger partial charge in [-0.1, -0.05) is 0 Å². The topological polar surface area (TPSA) is 94.9 Å². The van der Waals surface area contributed by atoms with Gasteiger partial charge in [0.05, 0.1) is 27.0 Å². The Kier molecular flexibility index (Phi) is 7.15. The second-order valence-corrected chi connectivity index (χ2v) is 11.5. The number of aryl methyl sites for hydroxylation is 1. The second kappa shape index (κ2) is 10.4. The van der Waals surface area contributed by atoms with Crippen molar-refractivity contribution in [1.29, 1.82) is 0 Å². The van der Waals surface area contributed by atoms with Crippen LogP contribution in [0.25, 0.3) is 11.3 Å². The van der Waals surface area contributed by atoms with Crippen molar-refractivity contribution in [1.82, 2.24) is 19.4 Å². The predicted octanol–water partition coefficient (Wildman–Crippen LogP) is 3.27. The lowest BCUT2D eigenvalue weighted by atomic mass is 9.74. The average Bonchev–Trinajstić information content (AvgIpc) is 3.33. The van der Waals surface area contributed by atoms with Gasteiger partial charge in [0.25, 0.3) is 0 Å². The monoisotopic (exact) mass is 526 g/mol. The third-order valence-corrected chi connectivity index (χ3v) is 9.17. The lowest BCUT2D eigenvalue weighted by molar-refractivity contribution is 0.0306. The molecule has 3 aromatic rings. The van der Waals surface area contributed by atoms with Crippen molar-refractivity contribution in [3.05, 3.63) is 54.2 Å². The predicted molar refractivity (Wildman–Crippen MR) is 141 cm³/mol. The number of ether oxygens (including phenoxy) is 3. The molecule has 3 aliphatic rings. The van der Waals surface area contributed by atoms with Crippen molar-refractivity contribution < 1.29 is 22.6 Å². The van der Waals surface area contributed by atoms with Crippen molar-refractivity contribution in [3.63, 3.8) is 0 Å². The molecule has 0 aliphatic carbocycles. The summed E-state index contributed by atoms with van der Waals surface area (Å²) >= 11 is 0. The van der Waals surface area contributed by atoms with E-state index < -0.39 is 10.0 Å². The van der Waals surface area contributed by atoms with Crippen LogP contribution in [0.4, 0.5) is 0 Å². The molecule has 9 nitrogen and oxygen atoms in total. The normalized spacial score (nSPS) is 23.1. The Morgan fingerprint density at radius 1 is 1.00 bits per heavy atom. The quantitative estimate of drug-likeness (QED) is 0.457. The van der Waals surface area contributed by atoms with Crippen LogP contribution in [0.1, 0.15) is 24.5 Å². The molecule has 0 amide bonds. The number of nitrogens with zero attached hydrogens (tertiary/aromatic N) is 3. The molecule has 2 aromatic carbocycles. The molecular weight excluding hydrogens is 492 g/mol. The minimum absolute atomic E-state index is 0.0872. The molecule has 10 heteroatoms. The van der Waals surface area contributed by atoms with E-state index >= 15 is 0 Å². The Bertz CT molecular complexity index is 1360. The van der Waals surface area contributed by atoms with Crippen LogP contribution in [-0.2, 0) is 17.1 Å². The summed E-state index contributed by atoms with van der Waals surface area (Å²) in [5, 5.41) is 4.79. The maximum absolute atomic E-state index is 13.2. The summed E-state index contributed by atoms with van der Waals surface area (Å²) in [5.41, 5.74) is 3.23. The highest BCUT2D eigenvalue weighted by molar-refractivity contribution is 7.89. The third kappa shape index (κ3) is 5.05. The first-order valence-electron chi connectivity index (χ1n) is 12.5. The zero-order chi connectivity index (χ0) is 26.2. The van der Waals surface area contributed by atoms with Crippen LogP contribution in [0.15, 0.2) is 53.4 Å². The van der Waals surface area contributed by atoms with E-state index in [0.717, 1.165) is 42.9 Å². The summed E-state index contributed by atoms with van der Waals surface area (Å²) in [6, 6.07) is 15.1. The molecule has 37 heavy (non-hydrogen) atoms. The van der Waals surface area contributed by atoms with Gasteiger partial charge in [-0.25, -0.2) is 13.1 Å². The summed E-state index contributed by atoms with van der Waals surface area (Å²) in [6.07, 6.45) is 2.03. The molecule has 0 radical (unpaired) electrons. The molecule has 1 N–H and O–H groups in total. The van der Waals surface area contributed by atoms with E-state index in [4.69, 9.17) is 19.3 Å². The number of rotatable bonds is 9. The fourth-order valence-corrected chi connectivity index (χ4v) is 6.95. The number of hydrogen-bond acceptors (Lipinski definition) is 7. The summed E-state index contributed by atoms with van der Waals surface area (Å²) in [6.45, 7) is 2.22. The maximum Gasteiger partial charge on any atom is 0.244 e. The van der Waals surface area contributed by atoms with Gasteiger partial charge >= 0.3 is 0 Å². The fraction of sp³-hybridized carbons (Fsp3) is 0.444. The van der Waals surface area contributed by atoms with Gasteiger partial charge in [0.1, 0.15) is 22.1 Å². The summed E-state index contributed by atoms with van der Waals surface area (Å²) in [7, 11) is 2.88. The van der Waals surface area contributed by atoms with E-state index in [1.807, 2.05) is 36.0 Å². The van der Waals surface area contributed by atoms with Crippen molar-refractivity contribution in [2.75, 3.05) is 41.0 Å². The van der Waals surface area contributed by atoms with Crippen LogP contribution in [-0.4, -0.2) is 70.1 Å². The minimum Gasteiger partial charge on any atom is -0.497 e. The van der Waals surface area contributed by atoms with E-state index in [-0.39, 0.29) is 10.9 Å². The SMILES string of the molecule is COc1ccc(-c2cc([C@@H]3CN4CC[C@H]3C[C@@H]4CNS(=O)(=O)c3cc(OC)ccc3OC)n(C)n2)cc1. The molecular formula is C27H34N4O5S. The molecule has 3 aliphatic heterocycles. The average molecular weight is 527 g/mol. The van der Waals surface area contributed by atoms with Gasteiger partial charge in [-0.15, -0.1) is 0 Å². The number of piperidine rings is 3. The summed E-state index contributed by atoms with van der Waals surface area (Å²) in [4.78, 5) is 2.50. The number of aromatic nitrogens is 2. The largest absolute Gasteiger partial charge is 0.497 e. The minimum atomic E-state index is -3.76. The van der Waals surface area contributed by atoms with Crippen LogP contribution in [0, 0.1) is 5.92 Å². The van der Waals surface area contributed by atoms with Crippen LogP contribution >= 0.6 is 0 Å². The first kappa shape index (κ1) is 25.6. The fourth-order valence-electron chi connectivity index (χ4n) is 5.69.